The Hall–Kier alpha value is -2.30. The number of hydrogen-bond donors (Lipinski definition) is 0. The number of fused-ring (bicyclic) bond motifs is 1. The Morgan fingerprint density at radius 1 is 1.37 bits per heavy atom. The lowest BCUT2D eigenvalue weighted by atomic mass is 10.1. The van der Waals surface area contributed by atoms with Gasteiger partial charge in [0, 0.05) is 18.9 Å². The number of carbonyl (C=O) groups is 1. The Balaban J connectivity index is 2.05. The summed E-state index contributed by atoms with van der Waals surface area (Å²) in [4.78, 5) is 16.7. The standard InChI is InChI=1S/C14H14N2O3/c1-2-16-7-6-15-14(16)12(17)10-4-3-5-11-13(10)19-9-8-18-11/h3-7H,2,8-9H2,1H3. The van der Waals surface area contributed by atoms with E-state index in [9.17, 15) is 4.79 Å². The molecule has 5 heteroatoms. The average Bonchev–Trinajstić information content (AvgIpc) is 2.94. The van der Waals surface area contributed by atoms with Crippen LogP contribution < -0.4 is 9.47 Å². The number of nitrogens with zero attached hydrogens (tertiary/aromatic N) is 2. The van der Waals surface area contributed by atoms with Crippen LogP contribution >= 0.6 is 0 Å². The van der Waals surface area contributed by atoms with Crippen LogP contribution in [-0.2, 0) is 6.54 Å². The van der Waals surface area contributed by atoms with Gasteiger partial charge in [0.1, 0.15) is 13.2 Å². The molecule has 2 aromatic rings. The van der Waals surface area contributed by atoms with Crippen LogP contribution in [0.3, 0.4) is 0 Å². The van der Waals surface area contributed by atoms with E-state index in [0.717, 1.165) is 0 Å². The summed E-state index contributed by atoms with van der Waals surface area (Å²) in [7, 11) is 0. The van der Waals surface area contributed by atoms with Crippen molar-refractivity contribution in [2.24, 2.45) is 0 Å². The molecular weight excluding hydrogens is 244 g/mol. The van der Waals surface area contributed by atoms with Gasteiger partial charge in [0.25, 0.3) is 0 Å². The maximum atomic E-state index is 12.5. The third-order valence-corrected chi connectivity index (χ3v) is 3.07. The van der Waals surface area contributed by atoms with Gasteiger partial charge in [-0.25, -0.2) is 4.98 Å². The van der Waals surface area contributed by atoms with E-state index in [1.54, 1.807) is 30.6 Å². The largest absolute Gasteiger partial charge is 0.486 e. The molecule has 0 unspecified atom stereocenters. The molecule has 3 rings (SSSR count). The van der Waals surface area contributed by atoms with Crippen LogP contribution in [0, 0.1) is 0 Å². The topological polar surface area (TPSA) is 53.4 Å². The Bertz CT molecular complexity index is 619. The zero-order chi connectivity index (χ0) is 13.2. The summed E-state index contributed by atoms with van der Waals surface area (Å²) in [5, 5.41) is 0. The number of ether oxygens (including phenoxy) is 2. The summed E-state index contributed by atoms with van der Waals surface area (Å²) >= 11 is 0. The number of para-hydroxylation sites is 1. The number of benzene rings is 1. The van der Waals surface area contributed by atoms with E-state index in [0.29, 0.717) is 42.6 Å². The van der Waals surface area contributed by atoms with Crippen molar-refractivity contribution in [3.8, 4) is 11.5 Å². The molecule has 2 heterocycles. The van der Waals surface area contributed by atoms with E-state index in [1.807, 2.05) is 11.5 Å². The molecule has 1 aliphatic rings. The van der Waals surface area contributed by atoms with Gasteiger partial charge >= 0.3 is 0 Å². The molecule has 1 aromatic heterocycles. The minimum Gasteiger partial charge on any atom is -0.486 e. The van der Waals surface area contributed by atoms with Crippen LogP contribution in [0.5, 0.6) is 11.5 Å². The summed E-state index contributed by atoms with van der Waals surface area (Å²) in [6.07, 6.45) is 3.42. The van der Waals surface area contributed by atoms with Crippen molar-refractivity contribution in [3.05, 3.63) is 42.0 Å². The van der Waals surface area contributed by atoms with Crippen LogP contribution in [0.2, 0.25) is 0 Å². The van der Waals surface area contributed by atoms with Gasteiger partial charge in [-0.05, 0) is 19.1 Å². The monoisotopic (exact) mass is 258 g/mol. The van der Waals surface area contributed by atoms with Gasteiger partial charge in [0.15, 0.2) is 17.3 Å². The number of aryl methyl sites for hydroxylation is 1. The van der Waals surface area contributed by atoms with Crippen molar-refractivity contribution in [2.75, 3.05) is 13.2 Å². The number of carbonyl (C=O) groups excluding carboxylic acids is 1. The van der Waals surface area contributed by atoms with Crippen LogP contribution in [0.4, 0.5) is 0 Å². The van der Waals surface area contributed by atoms with Gasteiger partial charge in [0.05, 0.1) is 5.56 Å². The molecule has 0 amide bonds. The van der Waals surface area contributed by atoms with Crippen molar-refractivity contribution in [1.29, 1.82) is 0 Å². The molecule has 5 nitrogen and oxygen atoms in total. The molecule has 19 heavy (non-hydrogen) atoms. The van der Waals surface area contributed by atoms with Gasteiger partial charge in [0.2, 0.25) is 5.78 Å². The lowest BCUT2D eigenvalue weighted by molar-refractivity contribution is 0.101. The van der Waals surface area contributed by atoms with Crippen molar-refractivity contribution in [2.45, 2.75) is 13.5 Å². The molecule has 0 N–H and O–H groups in total. The predicted molar refractivity (Wildman–Crippen MR) is 68.8 cm³/mol. The fourth-order valence-electron chi connectivity index (χ4n) is 2.15. The van der Waals surface area contributed by atoms with Gasteiger partial charge in [-0.1, -0.05) is 6.07 Å². The SMILES string of the molecule is CCn1ccnc1C(=O)c1cccc2c1OCCO2. The van der Waals surface area contributed by atoms with Gasteiger partial charge in [-0.2, -0.15) is 0 Å². The van der Waals surface area contributed by atoms with Gasteiger partial charge in [-0.3, -0.25) is 4.79 Å². The van der Waals surface area contributed by atoms with Crippen LogP contribution in [0.1, 0.15) is 23.1 Å². The van der Waals surface area contributed by atoms with E-state index in [2.05, 4.69) is 4.98 Å². The summed E-state index contributed by atoms with van der Waals surface area (Å²) in [5.74, 6) is 1.41. The molecule has 0 radical (unpaired) electrons. The zero-order valence-electron chi connectivity index (χ0n) is 10.6. The van der Waals surface area contributed by atoms with E-state index in [4.69, 9.17) is 9.47 Å². The minimum atomic E-state index is -0.144. The molecule has 0 bridgehead atoms. The number of rotatable bonds is 3. The second-order valence-corrected chi connectivity index (χ2v) is 4.20. The first kappa shape index (κ1) is 11.8. The second kappa shape index (κ2) is 4.76. The Labute approximate surface area is 110 Å². The number of ketones is 1. The molecule has 0 atom stereocenters. The Morgan fingerprint density at radius 2 is 2.21 bits per heavy atom. The highest BCUT2D eigenvalue weighted by molar-refractivity contribution is 6.09. The van der Waals surface area contributed by atoms with Crippen LogP contribution in [0.15, 0.2) is 30.6 Å². The van der Waals surface area contributed by atoms with Crippen molar-refractivity contribution >= 4 is 5.78 Å². The van der Waals surface area contributed by atoms with Crippen molar-refractivity contribution < 1.29 is 14.3 Å². The van der Waals surface area contributed by atoms with E-state index < -0.39 is 0 Å². The third kappa shape index (κ3) is 1.97. The molecule has 0 spiro atoms. The first-order chi connectivity index (χ1) is 9.31. The zero-order valence-corrected chi connectivity index (χ0v) is 10.6. The quantitative estimate of drug-likeness (QED) is 0.789. The van der Waals surface area contributed by atoms with E-state index in [-0.39, 0.29) is 5.78 Å². The molecular formula is C14H14N2O3. The normalized spacial score (nSPS) is 13.3. The molecule has 1 aromatic carbocycles. The van der Waals surface area contributed by atoms with Gasteiger partial charge in [-0.15, -0.1) is 0 Å². The first-order valence-electron chi connectivity index (χ1n) is 6.25. The maximum Gasteiger partial charge on any atom is 0.232 e. The molecule has 0 aliphatic carbocycles. The van der Waals surface area contributed by atoms with Crippen molar-refractivity contribution in [3.63, 3.8) is 0 Å². The highest BCUT2D eigenvalue weighted by Crippen LogP contribution is 2.34. The van der Waals surface area contributed by atoms with Gasteiger partial charge < -0.3 is 14.0 Å². The summed E-state index contributed by atoms with van der Waals surface area (Å²) in [6, 6.07) is 5.34. The number of imidazole rings is 1. The predicted octanol–water partition coefficient (Wildman–Crippen LogP) is 1.91. The number of hydrogen-bond acceptors (Lipinski definition) is 4. The maximum absolute atomic E-state index is 12.5. The highest BCUT2D eigenvalue weighted by Gasteiger charge is 2.23. The molecule has 0 saturated heterocycles. The fraction of sp³-hybridized carbons (Fsp3) is 0.286. The average molecular weight is 258 g/mol. The van der Waals surface area contributed by atoms with E-state index in [1.165, 1.54) is 0 Å². The molecule has 98 valence electrons. The lowest BCUT2D eigenvalue weighted by Gasteiger charge is -2.20. The third-order valence-electron chi connectivity index (χ3n) is 3.07. The van der Waals surface area contributed by atoms with Crippen LogP contribution in [0.25, 0.3) is 0 Å². The molecule has 1 aliphatic heterocycles. The number of aromatic nitrogens is 2. The molecule has 0 saturated carbocycles. The first-order valence-corrected chi connectivity index (χ1v) is 6.25. The fourth-order valence-corrected chi connectivity index (χ4v) is 2.15. The smallest absolute Gasteiger partial charge is 0.232 e. The van der Waals surface area contributed by atoms with E-state index >= 15 is 0 Å². The Kier molecular flexibility index (Phi) is 2.95. The summed E-state index contributed by atoms with van der Waals surface area (Å²) in [5.41, 5.74) is 0.498. The minimum absolute atomic E-state index is 0.144. The van der Waals surface area contributed by atoms with Crippen molar-refractivity contribution in [1.82, 2.24) is 9.55 Å². The summed E-state index contributed by atoms with van der Waals surface area (Å²) in [6.45, 7) is 3.64. The molecule has 0 fully saturated rings. The highest BCUT2D eigenvalue weighted by atomic mass is 16.6. The van der Waals surface area contributed by atoms with Crippen LogP contribution in [-0.4, -0.2) is 28.5 Å². The summed E-state index contributed by atoms with van der Waals surface area (Å²) < 4.78 is 12.9. The Morgan fingerprint density at radius 3 is 3.05 bits per heavy atom. The lowest BCUT2D eigenvalue weighted by Crippen LogP contribution is -2.19. The second-order valence-electron chi connectivity index (χ2n) is 4.20.